The third-order valence-corrected chi connectivity index (χ3v) is 6.22. The van der Waals surface area contributed by atoms with Crippen molar-refractivity contribution in [3.05, 3.63) is 108 Å². The Kier molecular flexibility index (Phi) is 5.80. The minimum Gasteiger partial charge on any atom is -0.458 e. The van der Waals surface area contributed by atoms with Crippen LogP contribution in [0.4, 0.5) is 0 Å². The molecular weight excluding hydrogens is 372 g/mol. The Hall–Kier alpha value is -3.20. The summed E-state index contributed by atoms with van der Waals surface area (Å²) in [7, 11) is 0. The van der Waals surface area contributed by atoms with Crippen molar-refractivity contribution in [2.75, 3.05) is 0 Å². The quantitative estimate of drug-likeness (QED) is 0.501. The molecule has 0 amide bonds. The van der Waals surface area contributed by atoms with Gasteiger partial charge in [-0.05, 0) is 30.5 Å². The largest absolute Gasteiger partial charge is 0.458 e. The van der Waals surface area contributed by atoms with Crippen LogP contribution in [-0.2, 0) is 14.3 Å². The Balaban J connectivity index is 1.68. The lowest BCUT2D eigenvalue weighted by molar-refractivity contribution is -0.163. The number of hydrogen-bond donors (Lipinski definition) is 0. The zero-order valence-corrected chi connectivity index (χ0v) is 17.3. The number of carbonyl (C=O) groups excluding carboxylic acids is 2. The SMILES string of the molecule is CC(=O)C1[C@H](c2ccccc2)C(C(=O)O[C@@H](C)c2ccccc2)[C@H]1c1ccccc1. The summed E-state index contributed by atoms with van der Waals surface area (Å²) in [5.74, 6) is -1.12. The molecule has 0 aliphatic heterocycles. The molecule has 0 saturated heterocycles. The fourth-order valence-corrected chi connectivity index (χ4v) is 4.77. The Bertz CT molecular complexity index is 951. The van der Waals surface area contributed by atoms with E-state index in [0.29, 0.717) is 0 Å². The van der Waals surface area contributed by atoms with Crippen molar-refractivity contribution in [3.8, 4) is 0 Å². The maximum atomic E-state index is 13.4. The second-order valence-electron chi connectivity index (χ2n) is 8.02. The summed E-state index contributed by atoms with van der Waals surface area (Å²) in [5.41, 5.74) is 2.99. The second-order valence-corrected chi connectivity index (χ2v) is 8.02. The molecule has 1 aliphatic rings. The van der Waals surface area contributed by atoms with Gasteiger partial charge >= 0.3 is 5.97 Å². The first kappa shape index (κ1) is 20.1. The molecule has 0 heterocycles. The highest BCUT2D eigenvalue weighted by Gasteiger charge is 2.57. The smallest absolute Gasteiger partial charge is 0.310 e. The molecule has 1 aliphatic carbocycles. The Morgan fingerprint density at radius 3 is 1.57 bits per heavy atom. The van der Waals surface area contributed by atoms with Gasteiger partial charge in [-0.1, -0.05) is 91.0 Å². The first-order valence-corrected chi connectivity index (χ1v) is 10.4. The van der Waals surface area contributed by atoms with E-state index in [4.69, 9.17) is 4.74 Å². The van der Waals surface area contributed by atoms with Gasteiger partial charge in [0.25, 0.3) is 0 Å². The monoisotopic (exact) mass is 398 g/mol. The maximum absolute atomic E-state index is 13.4. The average Bonchev–Trinajstić information content (AvgIpc) is 2.75. The van der Waals surface area contributed by atoms with Crippen LogP contribution in [0.25, 0.3) is 0 Å². The molecule has 0 unspecified atom stereocenters. The van der Waals surface area contributed by atoms with Crippen molar-refractivity contribution in [3.63, 3.8) is 0 Å². The van der Waals surface area contributed by atoms with E-state index >= 15 is 0 Å². The number of carbonyl (C=O) groups is 2. The van der Waals surface area contributed by atoms with Crippen LogP contribution in [-0.4, -0.2) is 11.8 Å². The highest BCUT2D eigenvalue weighted by molar-refractivity contribution is 5.88. The van der Waals surface area contributed by atoms with Gasteiger partial charge in [0.15, 0.2) is 0 Å². The molecule has 1 saturated carbocycles. The van der Waals surface area contributed by atoms with Crippen LogP contribution >= 0.6 is 0 Å². The number of esters is 1. The number of ether oxygens (including phenoxy) is 1. The van der Waals surface area contributed by atoms with E-state index < -0.39 is 5.92 Å². The molecule has 0 aromatic heterocycles. The second kappa shape index (κ2) is 8.66. The number of ketones is 1. The molecule has 3 nitrogen and oxygen atoms in total. The van der Waals surface area contributed by atoms with Gasteiger partial charge in [-0.15, -0.1) is 0 Å². The van der Waals surface area contributed by atoms with Crippen LogP contribution in [0.2, 0.25) is 0 Å². The van der Waals surface area contributed by atoms with E-state index in [-0.39, 0.29) is 35.6 Å². The number of benzene rings is 3. The lowest BCUT2D eigenvalue weighted by Crippen LogP contribution is -2.51. The highest BCUT2D eigenvalue weighted by Crippen LogP contribution is 2.58. The summed E-state index contributed by atoms with van der Waals surface area (Å²) in [6, 6.07) is 29.5. The molecule has 152 valence electrons. The van der Waals surface area contributed by atoms with Gasteiger partial charge in [0.05, 0.1) is 5.92 Å². The highest BCUT2D eigenvalue weighted by atomic mass is 16.5. The van der Waals surface area contributed by atoms with Crippen molar-refractivity contribution in [2.45, 2.75) is 31.8 Å². The third-order valence-electron chi connectivity index (χ3n) is 6.22. The van der Waals surface area contributed by atoms with Gasteiger partial charge in [-0.3, -0.25) is 9.59 Å². The van der Waals surface area contributed by atoms with E-state index in [1.165, 1.54) is 0 Å². The minimum atomic E-state index is -0.394. The molecule has 3 heteroatoms. The molecule has 0 spiro atoms. The molecule has 0 N–H and O–H groups in total. The molecule has 4 rings (SSSR count). The summed E-state index contributed by atoms with van der Waals surface area (Å²) in [4.78, 5) is 26.1. The average molecular weight is 399 g/mol. The van der Waals surface area contributed by atoms with Gasteiger partial charge < -0.3 is 4.74 Å². The van der Waals surface area contributed by atoms with Gasteiger partial charge in [0.2, 0.25) is 0 Å². The van der Waals surface area contributed by atoms with E-state index in [0.717, 1.165) is 16.7 Å². The molecule has 3 atom stereocenters. The van der Waals surface area contributed by atoms with E-state index in [2.05, 4.69) is 0 Å². The summed E-state index contributed by atoms with van der Waals surface area (Å²) >= 11 is 0. The predicted octanol–water partition coefficient (Wildman–Crippen LogP) is 5.69. The molecule has 3 aromatic carbocycles. The zero-order chi connectivity index (χ0) is 21.1. The van der Waals surface area contributed by atoms with Gasteiger partial charge in [0, 0.05) is 17.8 Å². The summed E-state index contributed by atoms with van der Waals surface area (Å²) < 4.78 is 5.92. The molecule has 30 heavy (non-hydrogen) atoms. The van der Waals surface area contributed by atoms with Crippen molar-refractivity contribution in [1.29, 1.82) is 0 Å². The maximum Gasteiger partial charge on any atom is 0.310 e. The van der Waals surface area contributed by atoms with Crippen LogP contribution in [0.5, 0.6) is 0 Å². The van der Waals surface area contributed by atoms with Crippen LogP contribution in [0, 0.1) is 11.8 Å². The number of hydrogen-bond acceptors (Lipinski definition) is 3. The minimum absolute atomic E-state index is 0.109. The van der Waals surface area contributed by atoms with Gasteiger partial charge in [0.1, 0.15) is 11.9 Å². The van der Waals surface area contributed by atoms with Crippen molar-refractivity contribution in [2.24, 2.45) is 11.8 Å². The van der Waals surface area contributed by atoms with Crippen LogP contribution in [0.15, 0.2) is 91.0 Å². The predicted molar refractivity (Wildman–Crippen MR) is 117 cm³/mol. The fraction of sp³-hybridized carbons (Fsp3) is 0.259. The van der Waals surface area contributed by atoms with Crippen molar-refractivity contribution >= 4 is 11.8 Å². The molecular formula is C27H26O3. The van der Waals surface area contributed by atoms with E-state index in [1.54, 1.807) is 6.92 Å². The third kappa shape index (κ3) is 3.80. The van der Waals surface area contributed by atoms with Crippen LogP contribution in [0.1, 0.15) is 48.5 Å². The number of rotatable bonds is 6. The standard InChI is InChI=1S/C27H26O3/c1-18(28)23-24(21-14-8-4-9-15-21)26(25(23)22-16-10-5-11-17-22)27(29)30-19(2)20-12-6-3-7-13-20/h3-17,19,23-26H,1-2H3/t19-,23?,24-,25-,26?/m0/s1. The normalized spacial score (nSPS) is 23.8. The van der Waals surface area contributed by atoms with Crippen molar-refractivity contribution in [1.82, 2.24) is 0 Å². The Morgan fingerprint density at radius 2 is 1.13 bits per heavy atom. The summed E-state index contributed by atoms with van der Waals surface area (Å²) in [6.45, 7) is 3.52. The topological polar surface area (TPSA) is 43.4 Å². The number of Topliss-reactive ketones (excluding diaryl/α,β-unsaturated/α-hetero) is 1. The molecule has 1 fully saturated rings. The first-order chi connectivity index (χ1) is 14.6. The van der Waals surface area contributed by atoms with Crippen molar-refractivity contribution < 1.29 is 14.3 Å². The molecule has 0 bridgehead atoms. The summed E-state index contributed by atoms with van der Waals surface area (Å²) in [6.07, 6.45) is -0.345. The van der Waals surface area contributed by atoms with E-state index in [1.807, 2.05) is 97.9 Å². The summed E-state index contributed by atoms with van der Waals surface area (Å²) in [5, 5.41) is 0. The Labute approximate surface area is 177 Å². The van der Waals surface area contributed by atoms with Crippen LogP contribution < -0.4 is 0 Å². The Morgan fingerprint density at radius 1 is 0.700 bits per heavy atom. The zero-order valence-electron chi connectivity index (χ0n) is 17.3. The molecule has 0 radical (unpaired) electrons. The molecule has 3 aromatic rings. The van der Waals surface area contributed by atoms with E-state index in [9.17, 15) is 9.59 Å². The lowest BCUT2D eigenvalue weighted by Gasteiger charge is -2.50. The lowest BCUT2D eigenvalue weighted by atomic mass is 9.51. The first-order valence-electron chi connectivity index (χ1n) is 10.4. The van der Waals surface area contributed by atoms with Gasteiger partial charge in [-0.25, -0.2) is 0 Å². The van der Waals surface area contributed by atoms with Crippen LogP contribution in [0.3, 0.4) is 0 Å². The van der Waals surface area contributed by atoms with Gasteiger partial charge in [-0.2, -0.15) is 0 Å². The fourth-order valence-electron chi connectivity index (χ4n) is 4.77.